The van der Waals surface area contributed by atoms with Crippen molar-refractivity contribution in [3.8, 4) is 5.75 Å². The molecule has 0 saturated carbocycles. The summed E-state index contributed by atoms with van der Waals surface area (Å²) in [7, 11) is 2.02. The van der Waals surface area contributed by atoms with E-state index in [1.807, 2.05) is 37.9 Å². The van der Waals surface area contributed by atoms with Crippen molar-refractivity contribution in [3.05, 3.63) is 65.7 Å². The molecule has 0 aromatic heterocycles. The van der Waals surface area contributed by atoms with Crippen LogP contribution in [0.15, 0.2) is 54.6 Å². The molecule has 0 aliphatic rings. The Kier molecular flexibility index (Phi) is 6.64. The molecular formula is C18H23NOS. The van der Waals surface area contributed by atoms with Crippen molar-refractivity contribution >= 4 is 11.8 Å². The Balaban J connectivity index is 1.87. The predicted molar refractivity (Wildman–Crippen MR) is 92.0 cm³/mol. The fourth-order valence-electron chi connectivity index (χ4n) is 2.18. The van der Waals surface area contributed by atoms with Gasteiger partial charge in [0.15, 0.2) is 0 Å². The summed E-state index contributed by atoms with van der Waals surface area (Å²) in [6, 6.07) is 19.4. The van der Waals surface area contributed by atoms with Crippen LogP contribution in [0.2, 0.25) is 0 Å². The van der Waals surface area contributed by atoms with Crippen LogP contribution in [0.4, 0.5) is 0 Å². The summed E-state index contributed by atoms with van der Waals surface area (Å²) in [6.07, 6.45) is 0. The average Bonchev–Trinajstić information content (AvgIpc) is 2.54. The van der Waals surface area contributed by atoms with Crippen molar-refractivity contribution in [1.29, 1.82) is 0 Å². The summed E-state index contributed by atoms with van der Waals surface area (Å²) in [5, 5.41) is 3.39. The molecule has 0 saturated heterocycles. The first-order valence-corrected chi connectivity index (χ1v) is 8.50. The number of hydrogen-bond acceptors (Lipinski definition) is 3. The van der Waals surface area contributed by atoms with Crippen LogP contribution in [0.5, 0.6) is 5.75 Å². The number of rotatable bonds is 8. The van der Waals surface area contributed by atoms with E-state index in [0.717, 1.165) is 17.3 Å². The van der Waals surface area contributed by atoms with E-state index in [-0.39, 0.29) is 0 Å². The highest BCUT2D eigenvalue weighted by atomic mass is 32.2. The van der Waals surface area contributed by atoms with Crippen molar-refractivity contribution in [2.75, 3.05) is 19.4 Å². The van der Waals surface area contributed by atoms with Crippen molar-refractivity contribution in [1.82, 2.24) is 5.32 Å². The molecule has 0 aliphatic carbocycles. The van der Waals surface area contributed by atoms with E-state index in [0.29, 0.717) is 12.6 Å². The monoisotopic (exact) mass is 301 g/mol. The fourth-order valence-corrected chi connectivity index (χ4v) is 3.32. The first kappa shape index (κ1) is 15.9. The minimum Gasteiger partial charge on any atom is -0.494 e. The summed E-state index contributed by atoms with van der Waals surface area (Å²) in [5.41, 5.74) is 2.69. The van der Waals surface area contributed by atoms with Gasteiger partial charge in [0.2, 0.25) is 0 Å². The van der Waals surface area contributed by atoms with Crippen molar-refractivity contribution in [2.45, 2.75) is 18.7 Å². The van der Waals surface area contributed by atoms with Gasteiger partial charge < -0.3 is 10.1 Å². The van der Waals surface area contributed by atoms with Gasteiger partial charge in [-0.05, 0) is 37.2 Å². The lowest BCUT2D eigenvalue weighted by Crippen LogP contribution is -2.18. The zero-order valence-corrected chi connectivity index (χ0v) is 13.5. The third kappa shape index (κ3) is 5.10. The highest BCUT2D eigenvalue weighted by Crippen LogP contribution is 2.23. The van der Waals surface area contributed by atoms with Gasteiger partial charge in [0.05, 0.1) is 6.61 Å². The molecule has 2 aromatic carbocycles. The summed E-state index contributed by atoms with van der Waals surface area (Å²) in [5.74, 6) is 3.04. The van der Waals surface area contributed by atoms with Crippen LogP contribution in [0, 0.1) is 0 Å². The van der Waals surface area contributed by atoms with Crippen molar-refractivity contribution in [3.63, 3.8) is 0 Å². The van der Waals surface area contributed by atoms with Gasteiger partial charge in [-0.25, -0.2) is 0 Å². The number of ether oxygens (including phenoxy) is 1. The Morgan fingerprint density at radius 1 is 1.05 bits per heavy atom. The Hall–Kier alpha value is -1.45. The van der Waals surface area contributed by atoms with Gasteiger partial charge in [-0.15, -0.1) is 0 Å². The fraction of sp³-hybridized carbons (Fsp3) is 0.333. The first-order chi connectivity index (χ1) is 10.3. The highest BCUT2D eigenvalue weighted by Gasteiger charge is 2.09. The third-order valence-corrected chi connectivity index (χ3v) is 4.44. The molecule has 2 rings (SSSR count). The van der Waals surface area contributed by atoms with Crippen LogP contribution in [0.25, 0.3) is 0 Å². The molecule has 1 N–H and O–H groups in total. The van der Waals surface area contributed by atoms with Gasteiger partial charge in [-0.2, -0.15) is 11.8 Å². The lowest BCUT2D eigenvalue weighted by Gasteiger charge is -2.17. The smallest absolute Gasteiger partial charge is 0.119 e. The second kappa shape index (κ2) is 8.75. The molecule has 0 heterocycles. The number of hydrogen-bond donors (Lipinski definition) is 1. The maximum Gasteiger partial charge on any atom is 0.119 e. The summed E-state index contributed by atoms with van der Waals surface area (Å²) in [6.45, 7) is 2.71. The maximum atomic E-state index is 5.49. The standard InChI is InChI=1S/C18H23NOS/c1-3-20-17-11-9-16(10-12-17)18(19-2)14-21-13-15-7-5-4-6-8-15/h4-12,18-19H,3,13-14H2,1-2H3. The Labute approximate surface area is 131 Å². The average molecular weight is 301 g/mol. The number of benzene rings is 2. The van der Waals surface area contributed by atoms with E-state index >= 15 is 0 Å². The topological polar surface area (TPSA) is 21.3 Å². The molecule has 0 bridgehead atoms. The van der Waals surface area contributed by atoms with Gasteiger partial charge in [0.25, 0.3) is 0 Å². The molecule has 3 heteroatoms. The Morgan fingerprint density at radius 3 is 2.38 bits per heavy atom. The van der Waals surface area contributed by atoms with Gasteiger partial charge >= 0.3 is 0 Å². The molecule has 1 unspecified atom stereocenters. The first-order valence-electron chi connectivity index (χ1n) is 7.35. The van der Waals surface area contributed by atoms with Gasteiger partial charge in [0, 0.05) is 17.5 Å². The van der Waals surface area contributed by atoms with E-state index < -0.39 is 0 Å². The van der Waals surface area contributed by atoms with Crippen LogP contribution in [0.3, 0.4) is 0 Å². The second-order valence-corrected chi connectivity index (χ2v) is 5.87. The molecule has 21 heavy (non-hydrogen) atoms. The van der Waals surface area contributed by atoms with E-state index in [4.69, 9.17) is 4.74 Å². The zero-order chi connectivity index (χ0) is 14.9. The highest BCUT2D eigenvalue weighted by molar-refractivity contribution is 7.98. The van der Waals surface area contributed by atoms with Crippen LogP contribution in [-0.4, -0.2) is 19.4 Å². The SMILES string of the molecule is CCOc1ccc(C(CSCc2ccccc2)NC)cc1. The van der Waals surface area contributed by atoms with E-state index in [1.54, 1.807) is 0 Å². The molecule has 2 nitrogen and oxygen atoms in total. The lowest BCUT2D eigenvalue weighted by molar-refractivity contribution is 0.340. The predicted octanol–water partition coefficient (Wildman–Crippen LogP) is 4.28. The maximum absolute atomic E-state index is 5.49. The summed E-state index contributed by atoms with van der Waals surface area (Å²) in [4.78, 5) is 0. The van der Waals surface area contributed by atoms with E-state index in [9.17, 15) is 0 Å². The van der Waals surface area contributed by atoms with Crippen molar-refractivity contribution < 1.29 is 4.74 Å². The van der Waals surface area contributed by atoms with Gasteiger partial charge in [-0.3, -0.25) is 0 Å². The molecular weight excluding hydrogens is 278 g/mol. The van der Waals surface area contributed by atoms with Crippen LogP contribution in [-0.2, 0) is 5.75 Å². The Bertz CT molecular complexity index is 513. The summed E-state index contributed by atoms with van der Waals surface area (Å²) >= 11 is 1.95. The molecule has 2 aromatic rings. The minimum atomic E-state index is 0.370. The second-order valence-electron chi connectivity index (χ2n) is 4.84. The van der Waals surface area contributed by atoms with Crippen molar-refractivity contribution in [2.24, 2.45) is 0 Å². The third-order valence-electron chi connectivity index (χ3n) is 3.34. The van der Waals surface area contributed by atoms with Crippen LogP contribution < -0.4 is 10.1 Å². The molecule has 0 spiro atoms. The number of nitrogens with one attached hydrogen (secondary N) is 1. The zero-order valence-electron chi connectivity index (χ0n) is 12.7. The van der Waals surface area contributed by atoms with Crippen LogP contribution in [0.1, 0.15) is 24.1 Å². The molecule has 0 radical (unpaired) electrons. The van der Waals surface area contributed by atoms with E-state index in [1.165, 1.54) is 11.1 Å². The minimum absolute atomic E-state index is 0.370. The molecule has 1 atom stereocenters. The van der Waals surface area contributed by atoms with E-state index in [2.05, 4.69) is 47.8 Å². The quantitative estimate of drug-likeness (QED) is 0.786. The lowest BCUT2D eigenvalue weighted by atomic mass is 10.1. The molecule has 0 amide bonds. The van der Waals surface area contributed by atoms with Gasteiger partial charge in [-0.1, -0.05) is 42.5 Å². The molecule has 0 aliphatic heterocycles. The molecule has 112 valence electrons. The van der Waals surface area contributed by atoms with Gasteiger partial charge in [0.1, 0.15) is 5.75 Å². The Morgan fingerprint density at radius 2 is 1.76 bits per heavy atom. The molecule has 0 fully saturated rings. The summed E-state index contributed by atoms with van der Waals surface area (Å²) < 4.78 is 5.49. The van der Waals surface area contributed by atoms with Crippen LogP contribution >= 0.6 is 11.8 Å². The normalized spacial score (nSPS) is 12.1. The largest absolute Gasteiger partial charge is 0.494 e. The number of thioether (sulfide) groups is 1.